The Labute approximate surface area is 199 Å². The number of rotatable bonds is 10. The molecule has 1 amide bonds. The molecule has 0 fully saturated rings. The Morgan fingerprint density at radius 2 is 1.56 bits per heavy atom. The van der Waals surface area contributed by atoms with Gasteiger partial charge >= 0.3 is 5.97 Å². The summed E-state index contributed by atoms with van der Waals surface area (Å²) >= 11 is 0. The van der Waals surface area contributed by atoms with Crippen LogP contribution in [0.4, 0.5) is 5.69 Å². The third-order valence-corrected chi connectivity index (χ3v) is 6.40. The molecule has 0 spiro atoms. The van der Waals surface area contributed by atoms with E-state index in [2.05, 4.69) is 14.8 Å². The van der Waals surface area contributed by atoms with Crippen LogP contribution in [0.1, 0.15) is 22.8 Å². The average Bonchev–Trinajstić information content (AvgIpc) is 2.84. The third kappa shape index (κ3) is 6.66. The fourth-order valence-corrected chi connectivity index (χ4v) is 4.41. The first-order valence-electron chi connectivity index (χ1n) is 10.6. The van der Waals surface area contributed by atoms with Gasteiger partial charge in [-0.2, -0.15) is 4.72 Å². The molecule has 178 valence electrons. The number of carbonyl (C=O) groups is 2. The lowest BCUT2D eigenvalue weighted by molar-refractivity contribution is -0.117. The first-order valence-corrected chi connectivity index (χ1v) is 12.1. The molecular weight excluding hydrogens is 456 g/mol. The molecule has 0 heterocycles. The topological polar surface area (TPSA) is 111 Å². The highest BCUT2D eigenvalue weighted by Crippen LogP contribution is 2.18. The maximum Gasteiger partial charge on any atom is 0.337 e. The molecule has 9 heteroatoms. The van der Waals surface area contributed by atoms with Crippen molar-refractivity contribution in [2.45, 2.75) is 24.3 Å². The summed E-state index contributed by atoms with van der Waals surface area (Å²) in [5, 5.41) is 2.71. The van der Waals surface area contributed by atoms with Crippen molar-refractivity contribution < 1.29 is 27.5 Å². The second-order valence-corrected chi connectivity index (χ2v) is 9.04. The fraction of sp³-hybridized carbons (Fsp3) is 0.200. The van der Waals surface area contributed by atoms with Gasteiger partial charge in [0.15, 0.2) is 0 Å². The monoisotopic (exact) mass is 482 g/mol. The zero-order valence-electron chi connectivity index (χ0n) is 18.9. The van der Waals surface area contributed by atoms with Gasteiger partial charge in [-0.1, -0.05) is 30.3 Å². The summed E-state index contributed by atoms with van der Waals surface area (Å²) < 4.78 is 38.6. The number of benzene rings is 3. The molecule has 1 atom stereocenters. The van der Waals surface area contributed by atoms with Crippen LogP contribution in [-0.2, 0) is 26.0 Å². The minimum absolute atomic E-state index is 0.0178. The molecule has 34 heavy (non-hydrogen) atoms. The largest absolute Gasteiger partial charge is 0.494 e. The molecule has 0 aliphatic rings. The Kier molecular flexibility index (Phi) is 8.39. The van der Waals surface area contributed by atoms with Crippen molar-refractivity contribution in [3.05, 3.63) is 90.0 Å². The number of ether oxygens (including phenoxy) is 2. The quantitative estimate of drug-likeness (QED) is 0.429. The number of sulfonamides is 1. The summed E-state index contributed by atoms with van der Waals surface area (Å²) in [6.45, 7) is 2.30. The lowest BCUT2D eigenvalue weighted by Gasteiger charge is -2.19. The molecule has 3 aromatic carbocycles. The Hall–Kier alpha value is -3.69. The summed E-state index contributed by atoms with van der Waals surface area (Å²) in [4.78, 5) is 24.7. The van der Waals surface area contributed by atoms with Gasteiger partial charge < -0.3 is 14.8 Å². The van der Waals surface area contributed by atoms with Gasteiger partial charge in [0, 0.05) is 5.69 Å². The average molecular weight is 483 g/mol. The number of anilines is 1. The van der Waals surface area contributed by atoms with E-state index in [1.807, 2.05) is 37.3 Å². The van der Waals surface area contributed by atoms with Gasteiger partial charge in [0.2, 0.25) is 15.9 Å². The number of hydrogen-bond acceptors (Lipinski definition) is 6. The van der Waals surface area contributed by atoms with Crippen LogP contribution in [0.5, 0.6) is 5.75 Å². The zero-order chi connectivity index (χ0) is 24.6. The van der Waals surface area contributed by atoms with Gasteiger partial charge in [0.05, 0.1) is 24.2 Å². The zero-order valence-corrected chi connectivity index (χ0v) is 19.7. The summed E-state index contributed by atoms with van der Waals surface area (Å²) in [7, 11) is -2.72. The lowest BCUT2D eigenvalue weighted by atomic mass is 10.1. The maximum atomic E-state index is 13.1. The van der Waals surface area contributed by atoms with Crippen LogP contribution in [0.3, 0.4) is 0 Å². The van der Waals surface area contributed by atoms with Crippen LogP contribution in [0.2, 0.25) is 0 Å². The molecule has 0 radical (unpaired) electrons. The van der Waals surface area contributed by atoms with Crippen molar-refractivity contribution in [2.75, 3.05) is 19.0 Å². The molecule has 0 aliphatic heterocycles. The first-order chi connectivity index (χ1) is 16.3. The van der Waals surface area contributed by atoms with Crippen LogP contribution < -0.4 is 14.8 Å². The first kappa shape index (κ1) is 24.9. The van der Waals surface area contributed by atoms with E-state index in [1.165, 1.54) is 31.4 Å². The second-order valence-electron chi connectivity index (χ2n) is 7.33. The number of hydrogen-bond donors (Lipinski definition) is 2. The van der Waals surface area contributed by atoms with E-state index >= 15 is 0 Å². The minimum Gasteiger partial charge on any atom is -0.494 e. The van der Waals surface area contributed by atoms with Crippen molar-refractivity contribution >= 4 is 27.6 Å². The van der Waals surface area contributed by atoms with E-state index in [0.29, 0.717) is 23.6 Å². The summed E-state index contributed by atoms with van der Waals surface area (Å²) in [6.07, 6.45) is 0.142. The smallest absolute Gasteiger partial charge is 0.337 e. The Morgan fingerprint density at radius 1 is 0.912 bits per heavy atom. The van der Waals surface area contributed by atoms with E-state index in [-0.39, 0.29) is 11.3 Å². The molecule has 0 saturated heterocycles. The van der Waals surface area contributed by atoms with Crippen molar-refractivity contribution in [1.29, 1.82) is 0 Å². The van der Waals surface area contributed by atoms with Crippen LogP contribution in [-0.4, -0.2) is 40.1 Å². The van der Waals surface area contributed by atoms with Crippen LogP contribution in [0.15, 0.2) is 83.8 Å². The Morgan fingerprint density at radius 3 is 2.15 bits per heavy atom. The highest BCUT2D eigenvalue weighted by molar-refractivity contribution is 7.89. The summed E-state index contributed by atoms with van der Waals surface area (Å²) in [6, 6.07) is 20.1. The maximum absolute atomic E-state index is 13.1. The molecule has 3 rings (SSSR count). The van der Waals surface area contributed by atoms with Gasteiger partial charge in [-0.15, -0.1) is 0 Å². The van der Waals surface area contributed by atoms with E-state index in [0.717, 1.165) is 5.56 Å². The van der Waals surface area contributed by atoms with E-state index < -0.39 is 27.9 Å². The van der Waals surface area contributed by atoms with Crippen molar-refractivity contribution in [3.63, 3.8) is 0 Å². The molecular formula is C25H26N2O6S. The van der Waals surface area contributed by atoms with Crippen LogP contribution in [0, 0.1) is 0 Å². The highest BCUT2D eigenvalue weighted by atomic mass is 32.2. The molecule has 2 N–H and O–H groups in total. The van der Waals surface area contributed by atoms with E-state index in [1.54, 1.807) is 24.3 Å². The van der Waals surface area contributed by atoms with Crippen molar-refractivity contribution in [3.8, 4) is 5.75 Å². The molecule has 0 aromatic heterocycles. The number of esters is 1. The number of amides is 1. The van der Waals surface area contributed by atoms with Crippen LogP contribution >= 0.6 is 0 Å². The third-order valence-electron chi connectivity index (χ3n) is 4.92. The number of carbonyl (C=O) groups excluding carboxylic acids is 2. The normalized spacial score (nSPS) is 11.9. The Bertz CT molecular complexity index is 1210. The van der Waals surface area contributed by atoms with Gasteiger partial charge in [-0.25, -0.2) is 13.2 Å². The van der Waals surface area contributed by atoms with Gasteiger partial charge in [-0.05, 0) is 67.4 Å². The summed E-state index contributed by atoms with van der Waals surface area (Å²) in [5.41, 5.74) is 1.53. The second kappa shape index (κ2) is 11.4. The molecule has 0 saturated carbocycles. The molecule has 0 aliphatic carbocycles. The van der Waals surface area contributed by atoms with Gasteiger partial charge in [-0.3, -0.25) is 4.79 Å². The number of nitrogens with one attached hydrogen (secondary N) is 2. The van der Waals surface area contributed by atoms with Crippen LogP contribution in [0.25, 0.3) is 0 Å². The molecule has 8 nitrogen and oxygen atoms in total. The molecule has 3 aromatic rings. The predicted molar refractivity (Wildman–Crippen MR) is 128 cm³/mol. The van der Waals surface area contributed by atoms with Crippen molar-refractivity contribution in [1.82, 2.24) is 4.72 Å². The Balaban J connectivity index is 1.81. The van der Waals surface area contributed by atoms with Gasteiger partial charge in [0.1, 0.15) is 11.8 Å². The van der Waals surface area contributed by atoms with E-state index in [9.17, 15) is 18.0 Å². The number of methoxy groups -OCH3 is 1. The fourth-order valence-electron chi connectivity index (χ4n) is 3.21. The highest BCUT2D eigenvalue weighted by Gasteiger charge is 2.26. The van der Waals surface area contributed by atoms with Crippen molar-refractivity contribution in [2.24, 2.45) is 0 Å². The molecule has 0 bridgehead atoms. The van der Waals surface area contributed by atoms with E-state index in [4.69, 9.17) is 4.74 Å². The SMILES string of the molecule is CCOc1ccc(S(=O)(=O)N[C@@H](Cc2ccccc2)C(=O)Nc2ccc(C(=O)OC)cc2)cc1. The lowest BCUT2D eigenvalue weighted by Crippen LogP contribution is -2.45. The minimum atomic E-state index is -4.00. The van der Waals surface area contributed by atoms with Gasteiger partial charge in [0.25, 0.3) is 0 Å². The predicted octanol–water partition coefficient (Wildman–Crippen LogP) is 3.40. The summed E-state index contributed by atoms with van der Waals surface area (Å²) in [5.74, 6) is -0.484. The standard InChI is InChI=1S/C25H26N2O6S/c1-3-33-21-13-15-22(16-14-21)34(30,31)27-23(17-18-7-5-4-6-8-18)24(28)26-20-11-9-19(10-12-20)25(29)32-2/h4-16,23,27H,3,17H2,1-2H3,(H,26,28)/t23-/m0/s1. The molecule has 0 unspecified atom stereocenters.